The molecule has 0 amide bonds. The fourth-order valence-electron chi connectivity index (χ4n) is 2.62. The first-order valence-corrected chi connectivity index (χ1v) is 9.57. The lowest BCUT2D eigenvalue weighted by molar-refractivity contribution is 0.354. The second-order valence-corrected chi connectivity index (χ2v) is 7.52. The van der Waals surface area contributed by atoms with Gasteiger partial charge < -0.3 is 9.47 Å². The molecule has 0 saturated heterocycles. The molecule has 0 saturated carbocycles. The molecule has 0 aliphatic carbocycles. The average Bonchev–Trinajstić information content (AvgIpc) is 3.12. The Hall–Kier alpha value is -2.91. The van der Waals surface area contributed by atoms with Crippen LogP contribution in [0, 0.1) is 0 Å². The molecule has 0 spiro atoms. The summed E-state index contributed by atoms with van der Waals surface area (Å²) < 4.78 is 40.0. The summed E-state index contributed by atoms with van der Waals surface area (Å²) in [5.41, 5.74) is 2.24. The van der Waals surface area contributed by atoms with E-state index in [0.29, 0.717) is 17.2 Å². The number of nitrogens with zero attached hydrogens (tertiary/aromatic N) is 3. The number of benzene rings is 1. The first-order valence-electron chi connectivity index (χ1n) is 8.09. The van der Waals surface area contributed by atoms with Crippen LogP contribution in [-0.4, -0.2) is 37.4 Å². The van der Waals surface area contributed by atoms with Gasteiger partial charge in [-0.05, 0) is 23.8 Å². The fourth-order valence-corrected chi connectivity index (χ4v) is 3.65. The number of hydrogen-bond acceptors (Lipinski definition) is 6. The van der Waals surface area contributed by atoms with Crippen molar-refractivity contribution in [3.63, 3.8) is 0 Å². The smallest absolute Gasteiger partial charge is 0.241 e. The quantitative estimate of drug-likeness (QED) is 0.665. The summed E-state index contributed by atoms with van der Waals surface area (Å²) in [6.07, 6.45) is 5.18. The lowest BCUT2D eigenvalue weighted by Gasteiger charge is -2.12. The first kappa shape index (κ1) is 18.9. The van der Waals surface area contributed by atoms with Gasteiger partial charge in [0.1, 0.15) is 0 Å². The maximum absolute atomic E-state index is 12.7. The van der Waals surface area contributed by atoms with Gasteiger partial charge in [-0.25, -0.2) is 13.1 Å². The molecule has 0 bridgehead atoms. The first-order chi connectivity index (χ1) is 12.9. The molecule has 142 valence electrons. The monoisotopic (exact) mass is 388 g/mol. The third-order valence-corrected chi connectivity index (χ3v) is 5.39. The number of pyridine rings is 1. The second-order valence-electron chi connectivity index (χ2n) is 5.76. The van der Waals surface area contributed by atoms with E-state index in [1.807, 2.05) is 19.3 Å². The van der Waals surface area contributed by atoms with Crippen molar-refractivity contribution in [1.82, 2.24) is 19.5 Å². The van der Waals surface area contributed by atoms with Crippen molar-refractivity contribution in [1.29, 1.82) is 0 Å². The molecule has 27 heavy (non-hydrogen) atoms. The highest BCUT2D eigenvalue weighted by molar-refractivity contribution is 7.89. The largest absolute Gasteiger partial charge is 0.493 e. The van der Waals surface area contributed by atoms with Crippen molar-refractivity contribution in [3.05, 3.63) is 54.5 Å². The summed E-state index contributed by atoms with van der Waals surface area (Å²) in [6, 6.07) is 8.03. The van der Waals surface area contributed by atoms with E-state index in [0.717, 1.165) is 11.1 Å². The highest BCUT2D eigenvalue weighted by Crippen LogP contribution is 2.29. The number of sulfonamides is 1. The minimum Gasteiger partial charge on any atom is -0.493 e. The van der Waals surface area contributed by atoms with Crippen LogP contribution >= 0.6 is 0 Å². The topological polar surface area (TPSA) is 95.3 Å². The number of aryl methyl sites for hydroxylation is 1. The maximum Gasteiger partial charge on any atom is 0.241 e. The minimum atomic E-state index is -3.74. The Morgan fingerprint density at radius 1 is 1.15 bits per heavy atom. The van der Waals surface area contributed by atoms with E-state index in [1.54, 1.807) is 29.2 Å². The molecule has 2 aromatic heterocycles. The molecule has 9 heteroatoms. The van der Waals surface area contributed by atoms with Gasteiger partial charge in [-0.15, -0.1) is 0 Å². The molecular formula is C18H20N4O4S. The van der Waals surface area contributed by atoms with Gasteiger partial charge in [0, 0.05) is 37.6 Å². The van der Waals surface area contributed by atoms with Crippen molar-refractivity contribution in [3.8, 4) is 22.8 Å². The lowest BCUT2D eigenvalue weighted by Crippen LogP contribution is -2.23. The molecule has 0 radical (unpaired) electrons. The SMILES string of the molecule is COc1ccc(S(=O)(=O)NCc2cccnc2-c2cnn(C)c2)cc1OC. The van der Waals surface area contributed by atoms with Crippen LogP contribution in [0.4, 0.5) is 0 Å². The number of methoxy groups -OCH3 is 2. The molecule has 1 N–H and O–H groups in total. The molecule has 0 atom stereocenters. The van der Waals surface area contributed by atoms with Gasteiger partial charge in [0.25, 0.3) is 0 Å². The molecular weight excluding hydrogens is 368 g/mol. The van der Waals surface area contributed by atoms with Crippen molar-refractivity contribution in [2.24, 2.45) is 7.05 Å². The third kappa shape index (κ3) is 4.09. The van der Waals surface area contributed by atoms with Crippen LogP contribution < -0.4 is 14.2 Å². The molecule has 0 aliphatic rings. The van der Waals surface area contributed by atoms with E-state index in [1.165, 1.54) is 26.4 Å². The molecule has 0 unspecified atom stereocenters. The molecule has 3 rings (SSSR count). The Bertz CT molecular complexity index is 1050. The van der Waals surface area contributed by atoms with Gasteiger partial charge in [-0.3, -0.25) is 9.67 Å². The molecule has 3 aromatic rings. The van der Waals surface area contributed by atoms with E-state index in [4.69, 9.17) is 9.47 Å². The van der Waals surface area contributed by atoms with E-state index in [2.05, 4.69) is 14.8 Å². The van der Waals surface area contributed by atoms with E-state index in [9.17, 15) is 8.42 Å². The molecule has 0 aliphatic heterocycles. The summed E-state index contributed by atoms with van der Waals surface area (Å²) in [7, 11) is 1.02. The minimum absolute atomic E-state index is 0.0898. The Balaban J connectivity index is 1.85. The predicted molar refractivity (Wildman–Crippen MR) is 100 cm³/mol. The zero-order valence-electron chi connectivity index (χ0n) is 15.2. The average molecular weight is 388 g/mol. The van der Waals surface area contributed by atoms with Gasteiger partial charge in [-0.1, -0.05) is 6.07 Å². The standard InChI is InChI=1S/C18H20N4O4S/c1-22-12-14(10-20-22)18-13(5-4-8-19-18)11-21-27(23,24)15-6-7-16(25-2)17(9-15)26-3/h4-10,12,21H,11H2,1-3H3. The van der Waals surface area contributed by atoms with Crippen LogP contribution in [0.3, 0.4) is 0 Å². The van der Waals surface area contributed by atoms with Gasteiger partial charge in [0.05, 0.1) is 31.0 Å². The highest BCUT2D eigenvalue weighted by atomic mass is 32.2. The predicted octanol–water partition coefficient (Wildman–Crippen LogP) is 1.98. The number of nitrogens with one attached hydrogen (secondary N) is 1. The second kappa shape index (κ2) is 7.77. The Morgan fingerprint density at radius 3 is 2.59 bits per heavy atom. The highest BCUT2D eigenvalue weighted by Gasteiger charge is 2.18. The van der Waals surface area contributed by atoms with Gasteiger partial charge in [-0.2, -0.15) is 5.10 Å². The van der Waals surface area contributed by atoms with Crippen LogP contribution in [0.5, 0.6) is 11.5 Å². The van der Waals surface area contributed by atoms with Gasteiger partial charge in [0.15, 0.2) is 11.5 Å². The number of rotatable bonds is 7. The van der Waals surface area contributed by atoms with E-state index >= 15 is 0 Å². The summed E-state index contributed by atoms with van der Waals surface area (Å²) in [6.45, 7) is 0.0920. The lowest BCUT2D eigenvalue weighted by atomic mass is 10.1. The molecule has 8 nitrogen and oxygen atoms in total. The summed E-state index contributed by atoms with van der Waals surface area (Å²) >= 11 is 0. The van der Waals surface area contributed by atoms with Crippen LogP contribution in [0.2, 0.25) is 0 Å². The zero-order valence-corrected chi connectivity index (χ0v) is 16.0. The van der Waals surface area contributed by atoms with Crippen molar-refractivity contribution >= 4 is 10.0 Å². The van der Waals surface area contributed by atoms with E-state index < -0.39 is 10.0 Å². The van der Waals surface area contributed by atoms with Crippen molar-refractivity contribution < 1.29 is 17.9 Å². The Labute approximate surface area is 157 Å². The molecule has 0 fully saturated rings. The normalized spacial score (nSPS) is 11.4. The van der Waals surface area contributed by atoms with Crippen LogP contribution in [0.15, 0.2) is 53.8 Å². The molecule has 2 heterocycles. The van der Waals surface area contributed by atoms with Crippen LogP contribution in [0.1, 0.15) is 5.56 Å². The van der Waals surface area contributed by atoms with Gasteiger partial charge in [0.2, 0.25) is 10.0 Å². The molecule has 1 aromatic carbocycles. The summed E-state index contributed by atoms with van der Waals surface area (Å²) in [5.74, 6) is 0.806. The number of ether oxygens (including phenoxy) is 2. The Kier molecular flexibility index (Phi) is 5.43. The van der Waals surface area contributed by atoms with E-state index in [-0.39, 0.29) is 11.4 Å². The number of aromatic nitrogens is 3. The van der Waals surface area contributed by atoms with Crippen LogP contribution in [0.25, 0.3) is 11.3 Å². The third-order valence-electron chi connectivity index (χ3n) is 3.99. The van der Waals surface area contributed by atoms with Crippen LogP contribution in [-0.2, 0) is 23.6 Å². The maximum atomic E-state index is 12.7. The fraction of sp³-hybridized carbons (Fsp3) is 0.222. The Morgan fingerprint density at radius 2 is 1.93 bits per heavy atom. The number of hydrogen-bond donors (Lipinski definition) is 1. The van der Waals surface area contributed by atoms with Crippen molar-refractivity contribution in [2.75, 3.05) is 14.2 Å². The summed E-state index contributed by atoms with van der Waals surface area (Å²) in [4.78, 5) is 4.45. The zero-order chi connectivity index (χ0) is 19.4. The van der Waals surface area contributed by atoms with Crippen molar-refractivity contribution in [2.45, 2.75) is 11.4 Å². The van der Waals surface area contributed by atoms with Gasteiger partial charge >= 0.3 is 0 Å². The summed E-state index contributed by atoms with van der Waals surface area (Å²) in [5, 5.41) is 4.14.